The smallest absolute Gasteiger partial charge is 0.182 e. The van der Waals surface area contributed by atoms with Crippen molar-refractivity contribution in [3.63, 3.8) is 0 Å². The highest BCUT2D eigenvalue weighted by Crippen LogP contribution is 2.28. The first-order chi connectivity index (χ1) is 9.54. The minimum absolute atomic E-state index is 0.274. The highest BCUT2D eigenvalue weighted by Gasteiger charge is 2.18. The van der Waals surface area contributed by atoms with E-state index in [4.69, 9.17) is 5.73 Å². The fourth-order valence-corrected chi connectivity index (χ4v) is 2.41. The van der Waals surface area contributed by atoms with Crippen molar-refractivity contribution in [2.75, 3.05) is 5.73 Å². The van der Waals surface area contributed by atoms with E-state index in [-0.39, 0.29) is 6.04 Å². The van der Waals surface area contributed by atoms with Crippen molar-refractivity contribution in [2.45, 2.75) is 46.6 Å². The molecule has 2 unspecified atom stereocenters. The molecule has 0 aliphatic rings. The lowest BCUT2D eigenvalue weighted by Gasteiger charge is -2.18. The lowest BCUT2D eigenvalue weighted by atomic mass is 10.00. The molecule has 0 amide bonds. The van der Waals surface area contributed by atoms with Crippen molar-refractivity contribution in [1.29, 1.82) is 0 Å². The van der Waals surface area contributed by atoms with Gasteiger partial charge >= 0.3 is 0 Å². The summed E-state index contributed by atoms with van der Waals surface area (Å²) in [6.45, 7) is 8.63. The van der Waals surface area contributed by atoms with E-state index in [0.29, 0.717) is 5.92 Å². The molecule has 1 aromatic heterocycles. The lowest BCUT2D eigenvalue weighted by molar-refractivity contribution is 0.371. The van der Waals surface area contributed by atoms with Gasteiger partial charge < -0.3 is 5.73 Å². The Morgan fingerprint density at radius 2 is 2.05 bits per heavy atom. The van der Waals surface area contributed by atoms with Gasteiger partial charge in [-0.2, -0.15) is 0 Å². The average Bonchev–Trinajstić information content (AvgIpc) is 2.91. The standard InChI is InChI=1S/C15H23N5/c1-5-10(2)9-11(3)20-15(17-18-19-20)13-7-6-8-14(16)12(13)4/h6-8,10-11H,5,9,16H2,1-4H3. The summed E-state index contributed by atoms with van der Waals surface area (Å²) in [5, 5.41) is 12.2. The van der Waals surface area contributed by atoms with Gasteiger partial charge in [-0.3, -0.25) is 0 Å². The number of tetrazole rings is 1. The van der Waals surface area contributed by atoms with Crippen LogP contribution in [0.25, 0.3) is 11.4 Å². The van der Waals surface area contributed by atoms with Crippen molar-refractivity contribution in [3.8, 4) is 11.4 Å². The second-order valence-electron chi connectivity index (χ2n) is 5.57. The normalized spacial score (nSPS) is 14.2. The number of anilines is 1. The third-order valence-corrected chi connectivity index (χ3v) is 3.97. The molecule has 1 heterocycles. The first-order valence-electron chi connectivity index (χ1n) is 7.17. The number of nitrogens with zero attached hydrogens (tertiary/aromatic N) is 4. The number of hydrogen-bond acceptors (Lipinski definition) is 4. The van der Waals surface area contributed by atoms with E-state index in [0.717, 1.165) is 29.1 Å². The summed E-state index contributed by atoms with van der Waals surface area (Å²) in [6.07, 6.45) is 2.23. The zero-order chi connectivity index (χ0) is 14.7. The van der Waals surface area contributed by atoms with Crippen LogP contribution in [0.4, 0.5) is 5.69 Å². The Bertz CT molecular complexity index is 575. The Kier molecular flexibility index (Phi) is 4.37. The van der Waals surface area contributed by atoms with Gasteiger partial charge in [-0.15, -0.1) is 5.10 Å². The number of nitrogens with two attached hydrogens (primary N) is 1. The zero-order valence-corrected chi connectivity index (χ0v) is 12.7. The van der Waals surface area contributed by atoms with Crippen molar-refractivity contribution in [3.05, 3.63) is 23.8 Å². The number of nitrogen functional groups attached to an aromatic ring is 1. The average molecular weight is 273 g/mol. The molecule has 0 aliphatic heterocycles. The molecule has 2 N–H and O–H groups in total. The fraction of sp³-hybridized carbons (Fsp3) is 0.533. The van der Waals surface area contributed by atoms with Gasteiger partial charge in [0, 0.05) is 11.3 Å². The molecular weight excluding hydrogens is 250 g/mol. The summed E-state index contributed by atoms with van der Waals surface area (Å²) in [7, 11) is 0. The van der Waals surface area contributed by atoms with E-state index in [1.54, 1.807) is 0 Å². The third kappa shape index (κ3) is 2.81. The fourth-order valence-electron chi connectivity index (χ4n) is 2.41. The van der Waals surface area contributed by atoms with Crippen LogP contribution >= 0.6 is 0 Å². The Hall–Kier alpha value is -1.91. The Morgan fingerprint density at radius 3 is 2.75 bits per heavy atom. The minimum atomic E-state index is 0.274. The predicted molar refractivity (Wildman–Crippen MR) is 81.2 cm³/mol. The van der Waals surface area contributed by atoms with E-state index >= 15 is 0 Å². The van der Waals surface area contributed by atoms with Crippen LogP contribution in [0.1, 0.15) is 45.2 Å². The molecule has 108 valence electrons. The monoisotopic (exact) mass is 273 g/mol. The van der Waals surface area contributed by atoms with Crippen LogP contribution in [0.15, 0.2) is 18.2 Å². The van der Waals surface area contributed by atoms with Gasteiger partial charge in [0.25, 0.3) is 0 Å². The maximum Gasteiger partial charge on any atom is 0.182 e. The number of rotatable bonds is 5. The van der Waals surface area contributed by atoms with Gasteiger partial charge in [0.05, 0.1) is 6.04 Å². The van der Waals surface area contributed by atoms with Gasteiger partial charge in [0.2, 0.25) is 0 Å². The second kappa shape index (κ2) is 6.03. The highest BCUT2D eigenvalue weighted by molar-refractivity contribution is 5.67. The largest absolute Gasteiger partial charge is 0.398 e. The Balaban J connectivity index is 2.35. The SMILES string of the molecule is CCC(C)CC(C)n1nnnc1-c1cccc(N)c1C. The van der Waals surface area contributed by atoms with Crippen molar-refractivity contribution in [2.24, 2.45) is 5.92 Å². The van der Waals surface area contributed by atoms with E-state index in [9.17, 15) is 0 Å². The molecule has 0 aliphatic carbocycles. The first-order valence-corrected chi connectivity index (χ1v) is 7.17. The topological polar surface area (TPSA) is 69.6 Å². The summed E-state index contributed by atoms with van der Waals surface area (Å²) in [6, 6.07) is 6.13. The van der Waals surface area contributed by atoms with Crippen LogP contribution in [0.5, 0.6) is 0 Å². The van der Waals surface area contributed by atoms with Gasteiger partial charge in [0.1, 0.15) is 0 Å². The van der Waals surface area contributed by atoms with Crippen LogP contribution in [-0.2, 0) is 0 Å². The molecule has 0 bridgehead atoms. The van der Waals surface area contributed by atoms with Crippen LogP contribution in [-0.4, -0.2) is 20.2 Å². The quantitative estimate of drug-likeness (QED) is 0.849. The summed E-state index contributed by atoms with van der Waals surface area (Å²) >= 11 is 0. The van der Waals surface area contributed by atoms with Crippen LogP contribution in [0.3, 0.4) is 0 Å². The molecule has 2 atom stereocenters. The maximum atomic E-state index is 5.98. The molecule has 20 heavy (non-hydrogen) atoms. The van der Waals surface area contributed by atoms with Gasteiger partial charge in [-0.05, 0) is 48.2 Å². The molecule has 0 saturated carbocycles. The summed E-state index contributed by atoms with van der Waals surface area (Å²) < 4.78 is 1.91. The number of aromatic nitrogens is 4. The molecule has 0 saturated heterocycles. The van der Waals surface area contributed by atoms with Crippen LogP contribution in [0, 0.1) is 12.8 Å². The molecule has 2 aromatic rings. The predicted octanol–water partition coefficient (Wildman–Crippen LogP) is 3.23. The molecule has 0 radical (unpaired) electrons. The van der Waals surface area contributed by atoms with Crippen molar-refractivity contribution < 1.29 is 0 Å². The molecule has 2 rings (SSSR count). The molecule has 1 aromatic carbocycles. The number of hydrogen-bond donors (Lipinski definition) is 1. The van der Waals surface area contributed by atoms with E-state index in [2.05, 4.69) is 36.3 Å². The third-order valence-electron chi connectivity index (χ3n) is 3.97. The van der Waals surface area contributed by atoms with Crippen molar-refractivity contribution >= 4 is 5.69 Å². The highest BCUT2D eigenvalue weighted by atomic mass is 15.5. The van der Waals surface area contributed by atoms with Crippen LogP contribution < -0.4 is 5.73 Å². The summed E-state index contributed by atoms with van der Waals surface area (Å²) in [5.74, 6) is 1.45. The zero-order valence-electron chi connectivity index (χ0n) is 12.7. The lowest BCUT2D eigenvalue weighted by Crippen LogP contribution is -2.12. The second-order valence-corrected chi connectivity index (χ2v) is 5.57. The first kappa shape index (κ1) is 14.5. The molecule has 0 fully saturated rings. The minimum Gasteiger partial charge on any atom is -0.398 e. The summed E-state index contributed by atoms with van der Waals surface area (Å²) in [5.41, 5.74) is 8.78. The van der Waals surface area contributed by atoms with Crippen molar-refractivity contribution in [1.82, 2.24) is 20.2 Å². The number of benzene rings is 1. The molecule has 5 heteroatoms. The summed E-state index contributed by atoms with van der Waals surface area (Å²) in [4.78, 5) is 0. The molecule has 0 spiro atoms. The molecule has 5 nitrogen and oxygen atoms in total. The van der Waals surface area contributed by atoms with E-state index in [1.165, 1.54) is 6.42 Å². The van der Waals surface area contributed by atoms with Gasteiger partial charge in [-0.1, -0.05) is 32.4 Å². The molecular formula is C15H23N5. The van der Waals surface area contributed by atoms with E-state index in [1.807, 2.05) is 29.8 Å². The maximum absolute atomic E-state index is 5.98. The Labute approximate surface area is 120 Å². The van der Waals surface area contributed by atoms with Gasteiger partial charge in [0.15, 0.2) is 5.82 Å². The van der Waals surface area contributed by atoms with Crippen LogP contribution in [0.2, 0.25) is 0 Å². The van der Waals surface area contributed by atoms with E-state index < -0.39 is 0 Å². The van der Waals surface area contributed by atoms with Gasteiger partial charge in [-0.25, -0.2) is 4.68 Å². The Morgan fingerprint density at radius 1 is 1.30 bits per heavy atom.